The molecule has 0 aliphatic rings. The molecule has 0 bridgehead atoms. The Balaban J connectivity index is 2.06. The zero-order valence-electron chi connectivity index (χ0n) is 11.8. The van der Waals surface area contributed by atoms with Crippen LogP contribution in [0.3, 0.4) is 0 Å². The molecule has 1 unspecified atom stereocenters. The maximum Gasteiger partial charge on any atom is 0.244 e. The Morgan fingerprint density at radius 3 is 2.71 bits per heavy atom. The summed E-state index contributed by atoms with van der Waals surface area (Å²) in [5.74, 6) is -2.18. The number of nitrogens with zero attached hydrogens (tertiary/aromatic N) is 3. The third-order valence-corrected chi connectivity index (χ3v) is 3.13. The van der Waals surface area contributed by atoms with E-state index in [0.717, 1.165) is 12.1 Å². The van der Waals surface area contributed by atoms with Gasteiger partial charge in [0.25, 0.3) is 0 Å². The molecule has 1 aromatic heterocycles. The van der Waals surface area contributed by atoms with E-state index in [-0.39, 0.29) is 12.5 Å². The zero-order chi connectivity index (χ0) is 15.6. The van der Waals surface area contributed by atoms with Gasteiger partial charge in [-0.05, 0) is 17.7 Å². The molecule has 0 radical (unpaired) electrons. The fraction of sp³-hybridized carbons (Fsp3) is 0.286. The molecular formula is C14H16F2N4O. The topological polar surface area (TPSA) is 64.2 Å². The first kappa shape index (κ1) is 15.1. The van der Waals surface area contributed by atoms with Crippen LogP contribution in [0.25, 0.3) is 0 Å². The number of aromatic nitrogens is 2. The lowest BCUT2D eigenvalue weighted by molar-refractivity contribution is -0.132. The van der Waals surface area contributed by atoms with Crippen LogP contribution in [-0.4, -0.2) is 27.6 Å². The average molecular weight is 294 g/mol. The highest BCUT2D eigenvalue weighted by Gasteiger charge is 2.21. The highest BCUT2D eigenvalue weighted by atomic mass is 19.2. The molecule has 2 rings (SSSR count). The molecule has 1 aromatic carbocycles. The predicted molar refractivity (Wildman–Crippen MR) is 73.0 cm³/mol. The molecule has 1 atom stereocenters. The molecule has 7 heteroatoms. The summed E-state index contributed by atoms with van der Waals surface area (Å²) in [6.07, 6.45) is 3.18. The molecule has 0 saturated heterocycles. The van der Waals surface area contributed by atoms with Gasteiger partial charge in [-0.2, -0.15) is 5.10 Å². The fourth-order valence-electron chi connectivity index (χ4n) is 1.97. The monoisotopic (exact) mass is 294 g/mol. The molecular weight excluding hydrogens is 278 g/mol. The number of amides is 1. The Morgan fingerprint density at radius 2 is 2.14 bits per heavy atom. The highest BCUT2D eigenvalue weighted by Crippen LogP contribution is 2.15. The van der Waals surface area contributed by atoms with Crippen molar-refractivity contribution >= 4 is 5.91 Å². The van der Waals surface area contributed by atoms with Crippen LogP contribution in [0, 0.1) is 11.6 Å². The number of carbonyl (C=O) groups excluding carboxylic acids is 1. The van der Waals surface area contributed by atoms with Gasteiger partial charge in [0.15, 0.2) is 11.6 Å². The minimum atomic E-state index is -0.940. The third kappa shape index (κ3) is 3.43. The number of likely N-dealkylation sites (N-methyl/N-ethyl adjacent to an activating group) is 1. The van der Waals surface area contributed by atoms with Gasteiger partial charge >= 0.3 is 0 Å². The van der Waals surface area contributed by atoms with Crippen molar-refractivity contribution in [3.05, 3.63) is 53.4 Å². The summed E-state index contributed by atoms with van der Waals surface area (Å²) in [4.78, 5) is 13.6. The van der Waals surface area contributed by atoms with Crippen molar-refractivity contribution in [3.63, 3.8) is 0 Å². The highest BCUT2D eigenvalue weighted by molar-refractivity contribution is 5.82. The van der Waals surface area contributed by atoms with Crippen molar-refractivity contribution in [1.82, 2.24) is 14.7 Å². The van der Waals surface area contributed by atoms with Crippen LogP contribution in [0.4, 0.5) is 8.78 Å². The van der Waals surface area contributed by atoms with Crippen molar-refractivity contribution in [2.75, 3.05) is 7.05 Å². The number of hydrogen-bond acceptors (Lipinski definition) is 3. The molecule has 112 valence electrons. The molecule has 2 aromatic rings. The molecule has 1 heterocycles. The van der Waals surface area contributed by atoms with E-state index >= 15 is 0 Å². The molecule has 0 spiro atoms. The predicted octanol–water partition coefficient (Wildman–Crippen LogP) is 1.36. The van der Waals surface area contributed by atoms with Crippen LogP contribution in [0.5, 0.6) is 0 Å². The standard InChI is InChI=1S/C14H16F2N4O/c1-19(7-9-3-4-11(15)12(16)5-9)14(21)13(17)10-6-18-20(2)8-10/h3-6,8,13H,7,17H2,1-2H3. The smallest absolute Gasteiger partial charge is 0.244 e. The van der Waals surface area contributed by atoms with Crippen LogP contribution in [0.1, 0.15) is 17.2 Å². The first-order valence-electron chi connectivity index (χ1n) is 6.31. The van der Waals surface area contributed by atoms with Crippen molar-refractivity contribution < 1.29 is 13.6 Å². The molecule has 21 heavy (non-hydrogen) atoms. The maximum absolute atomic E-state index is 13.1. The fourth-order valence-corrected chi connectivity index (χ4v) is 1.97. The van der Waals surface area contributed by atoms with E-state index in [4.69, 9.17) is 5.73 Å². The van der Waals surface area contributed by atoms with Crippen molar-refractivity contribution in [2.45, 2.75) is 12.6 Å². The van der Waals surface area contributed by atoms with Gasteiger partial charge in [-0.1, -0.05) is 6.07 Å². The second-order valence-corrected chi connectivity index (χ2v) is 4.87. The summed E-state index contributed by atoms with van der Waals surface area (Å²) in [5, 5.41) is 3.96. The van der Waals surface area contributed by atoms with Crippen LogP contribution in [0.2, 0.25) is 0 Å². The van der Waals surface area contributed by atoms with E-state index in [1.54, 1.807) is 25.0 Å². The molecule has 0 fully saturated rings. The summed E-state index contributed by atoms with van der Waals surface area (Å²) in [7, 11) is 3.28. The van der Waals surface area contributed by atoms with E-state index in [9.17, 15) is 13.6 Å². The van der Waals surface area contributed by atoms with Crippen LogP contribution in [0.15, 0.2) is 30.6 Å². The minimum absolute atomic E-state index is 0.143. The Labute approximate surface area is 121 Å². The molecule has 2 N–H and O–H groups in total. The van der Waals surface area contributed by atoms with Gasteiger partial charge in [-0.25, -0.2) is 8.78 Å². The Bertz CT molecular complexity index is 656. The lowest BCUT2D eigenvalue weighted by Gasteiger charge is -2.20. The first-order valence-corrected chi connectivity index (χ1v) is 6.31. The second kappa shape index (κ2) is 6.01. The minimum Gasteiger partial charge on any atom is -0.340 e. The maximum atomic E-state index is 13.1. The Kier molecular flexibility index (Phi) is 4.32. The molecule has 0 saturated carbocycles. The molecule has 5 nitrogen and oxygen atoms in total. The van der Waals surface area contributed by atoms with E-state index < -0.39 is 17.7 Å². The van der Waals surface area contributed by atoms with Crippen molar-refractivity contribution in [1.29, 1.82) is 0 Å². The number of rotatable bonds is 4. The Morgan fingerprint density at radius 1 is 1.43 bits per heavy atom. The summed E-state index contributed by atoms with van der Waals surface area (Å²) in [6, 6.07) is 2.69. The summed E-state index contributed by atoms with van der Waals surface area (Å²) in [6.45, 7) is 0.143. The largest absolute Gasteiger partial charge is 0.340 e. The number of aryl methyl sites for hydroxylation is 1. The van der Waals surface area contributed by atoms with Gasteiger partial charge in [-0.3, -0.25) is 9.48 Å². The van der Waals surface area contributed by atoms with Gasteiger partial charge in [0.05, 0.1) is 6.20 Å². The SMILES string of the molecule is CN(Cc1ccc(F)c(F)c1)C(=O)C(N)c1cnn(C)c1. The van der Waals surface area contributed by atoms with Gasteiger partial charge in [-0.15, -0.1) is 0 Å². The van der Waals surface area contributed by atoms with Gasteiger partial charge < -0.3 is 10.6 Å². The normalized spacial score (nSPS) is 12.2. The summed E-state index contributed by atoms with van der Waals surface area (Å²) < 4.78 is 27.6. The lowest BCUT2D eigenvalue weighted by atomic mass is 10.1. The van der Waals surface area contributed by atoms with Gasteiger partial charge in [0, 0.05) is 32.4 Å². The quantitative estimate of drug-likeness (QED) is 0.926. The van der Waals surface area contributed by atoms with Gasteiger partial charge in [0.1, 0.15) is 6.04 Å². The van der Waals surface area contributed by atoms with Crippen molar-refractivity contribution in [3.8, 4) is 0 Å². The third-order valence-electron chi connectivity index (χ3n) is 3.13. The number of halogens is 2. The zero-order valence-corrected chi connectivity index (χ0v) is 11.8. The molecule has 0 aliphatic carbocycles. The number of carbonyl (C=O) groups is 1. The second-order valence-electron chi connectivity index (χ2n) is 4.87. The number of nitrogens with two attached hydrogens (primary N) is 1. The van der Waals surface area contributed by atoms with Crippen LogP contribution in [-0.2, 0) is 18.4 Å². The number of benzene rings is 1. The van der Waals surface area contributed by atoms with E-state index in [1.807, 2.05) is 0 Å². The van der Waals surface area contributed by atoms with E-state index in [2.05, 4.69) is 5.10 Å². The van der Waals surface area contributed by atoms with Crippen LogP contribution < -0.4 is 5.73 Å². The Hall–Kier alpha value is -2.28. The van der Waals surface area contributed by atoms with E-state index in [0.29, 0.717) is 11.1 Å². The molecule has 0 aliphatic heterocycles. The number of hydrogen-bond donors (Lipinski definition) is 1. The van der Waals surface area contributed by atoms with Gasteiger partial charge in [0.2, 0.25) is 5.91 Å². The van der Waals surface area contributed by atoms with Crippen LogP contribution >= 0.6 is 0 Å². The first-order chi connectivity index (χ1) is 9.88. The van der Waals surface area contributed by atoms with Crippen molar-refractivity contribution in [2.24, 2.45) is 12.8 Å². The summed E-state index contributed by atoms with van der Waals surface area (Å²) in [5.41, 5.74) is 6.97. The average Bonchev–Trinajstić information content (AvgIpc) is 2.88. The summed E-state index contributed by atoms with van der Waals surface area (Å²) >= 11 is 0. The lowest BCUT2D eigenvalue weighted by Crippen LogP contribution is -2.35. The van der Waals surface area contributed by atoms with E-state index in [1.165, 1.54) is 17.2 Å². The molecule has 1 amide bonds.